The number of nitrogens with two attached hydrogens (primary N) is 1. The Labute approximate surface area is 110 Å². The zero-order chi connectivity index (χ0) is 13.4. The molecule has 0 bridgehead atoms. The molecule has 18 heavy (non-hydrogen) atoms. The highest BCUT2D eigenvalue weighted by Crippen LogP contribution is 2.39. The molecule has 0 aliphatic heterocycles. The fourth-order valence-electron chi connectivity index (χ4n) is 2.40. The molecule has 0 saturated heterocycles. The van der Waals surface area contributed by atoms with E-state index in [0.717, 1.165) is 38.7 Å². The van der Waals surface area contributed by atoms with Gasteiger partial charge in [0.1, 0.15) is 6.61 Å². The van der Waals surface area contributed by atoms with E-state index in [1.807, 2.05) is 0 Å². The second-order valence-corrected chi connectivity index (χ2v) is 5.42. The van der Waals surface area contributed by atoms with Crippen molar-refractivity contribution >= 4 is 5.97 Å². The van der Waals surface area contributed by atoms with Gasteiger partial charge in [0.25, 0.3) is 0 Å². The van der Waals surface area contributed by atoms with Crippen molar-refractivity contribution in [2.24, 2.45) is 17.1 Å². The Morgan fingerprint density at radius 1 is 1.28 bits per heavy atom. The SMILES string of the molecule is CCCOCCOC(=O)C1(CN)CCC(C)CC1. The van der Waals surface area contributed by atoms with Crippen LogP contribution in [-0.4, -0.2) is 32.3 Å². The summed E-state index contributed by atoms with van der Waals surface area (Å²) in [6.07, 6.45) is 4.84. The van der Waals surface area contributed by atoms with Crippen LogP contribution >= 0.6 is 0 Å². The molecular formula is C14H27NO3. The summed E-state index contributed by atoms with van der Waals surface area (Å²) in [5, 5.41) is 0. The van der Waals surface area contributed by atoms with Crippen LogP contribution in [0.15, 0.2) is 0 Å². The number of hydrogen-bond acceptors (Lipinski definition) is 4. The van der Waals surface area contributed by atoms with Crippen molar-refractivity contribution in [2.45, 2.75) is 46.0 Å². The number of ether oxygens (including phenoxy) is 2. The van der Waals surface area contributed by atoms with E-state index in [4.69, 9.17) is 15.2 Å². The van der Waals surface area contributed by atoms with Crippen molar-refractivity contribution in [2.75, 3.05) is 26.4 Å². The predicted octanol–water partition coefficient (Wildman–Crippen LogP) is 2.11. The third-order valence-corrected chi connectivity index (χ3v) is 3.86. The van der Waals surface area contributed by atoms with Crippen LogP contribution in [0.1, 0.15) is 46.0 Å². The van der Waals surface area contributed by atoms with Crippen molar-refractivity contribution < 1.29 is 14.3 Å². The van der Waals surface area contributed by atoms with Gasteiger partial charge in [-0.3, -0.25) is 4.79 Å². The third-order valence-electron chi connectivity index (χ3n) is 3.86. The summed E-state index contributed by atoms with van der Waals surface area (Å²) in [6.45, 7) is 6.22. The number of esters is 1. The van der Waals surface area contributed by atoms with E-state index in [2.05, 4.69) is 13.8 Å². The molecule has 1 fully saturated rings. The van der Waals surface area contributed by atoms with Gasteiger partial charge < -0.3 is 15.2 Å². The van der Waals surface area contributed by atoms with Gasteiger partial charge in [0.15, 0.2) is 0 Å². The molecule has 0 aromatic rings. The van der Waals surface area contributed by atoms with E-state index in [1.165, 1.54) is 0 Å². The van der Waals surface area contributed by atoms with Gasteiger partial charge >= 0.3 is 5.97 Å². The minimum atomic E-state index is -0.433. The van der Waals surface area contributed by atoms with Crippen LogP contribution in [0.3, 0.4) is 0 Å². The summed E-state index contributed by atoms with van der Waals surface area (Å²) in [7, 11) is 0. The number of carbonyl (C=O) groups excluding carboxylic acids is 1. The lowest BCUT2D eigenvalue weighted by molar-refractivity contribution is -0.159. The van der Waals surface area contributed by atoms with Crippen LogP contribution in [0.4, 0.5) is 0 Å². The number of carbonyl (C=O) groups is 1. The highest BCUT2D eigenvalue weighted by atomic mass is 16.6. The van der Waals surface area contributed by atoms with Crippen LogP contribution in [0.25, 0.3) is 0 Å². The monoisotopic (exact) mass is 257 g/mol. The minimum Gasteiger partial charge on any atom is -0.463 e. The predicted molar refractivity (Wildman–Crippen MR) is 71.2 cm³/mol. The summed E-state index contributed by atoms with van der Waals surface area (Å²) < 4.78 is 10.6. The fourth-order valence-corrected chi connectivity index (χ4v) is 2.40. The molecule has 0 amide bonds. The van der Waals surface area contributed by atoms with Crippen LogP contribution in [0.5, 0.6) is 0 Å². The van der Waals surface area contributed by atoms with Crippen molar-refractivity contribution in [1.29, 1.82) is 0 Å². The van der Waals surface area contributed by atoms with Gasteiger partial charge in [0.05, 0.1) is 12.0 Å². The smallest absolute Gasteiger partial charge is 0.313 e. The van der Waals surface area contributed by atoms with Gasteiger partial charge in [0, 0.05) is 13.2 Å². The highest BCUT2D eigenvalue weighted by molar-refractivity contribution is 5.77. The van der Waals surface area contributed by atoms with Gasteiger partial charge in [0.2, 0.25) is 0 Å². The second-order valence-electron chi connectivity index (χ2n) is 5.42. The zero-order valence-corrected chi connectivity index (χ0v) is 11.7. The summed E-state index contributed by atoms with van der Waals surface area (Å²) in [4.78, 5) is 12.1. The topological polar surface area (TPSA) is 61.5 Å². The normalized spacial score (nSPS) is 28.1. The van der Waals surface area contributed by atoms with Crippen LogP contribution in [-0.2, 0) is 14.3 Å². The first-order valence-corrected chi connectivity index (χ1v) is 7.09. The first-order chi connectivity index (χ1) is 8.64. The Balaban J connectivity index is 2.33. The lowest BCUT2D eigenvalue weighted by atomic mass is 9.71. The minimum absolute atomic E-state index is 0.128. The van der Waals surface area contributed by atoms with E-state index >= 15 is 0 Å². The first-order valence-electron chi connectivity index (χ1n) is 7.09. The lowest BCUT2D eigenvalue weighted by Gasteiger charge is -2.36. The van der Waals surface area contributed by atoms with Gasteiger partial charge in [-0.1, -0.05) is 13.8 Å². The molecular weight excluding hydrogens is 230 g/mol. The van der Waals surface area contributed by atoms with Crippen molar-refractivity contribution in [3.63, 3.8) is 0 Å². The average molecular weight is 257 g/mol. The molecule has 0 aromatic carbocycles. The molecule has 0 radical (unpaired) electrons. The van der Waals surface area contributed by atoms with Crippen molar-refractivity contribution in [1.82, 2.24) is 0 Å². The maximum atomic E-state index is 12.1. The number of hydrogen-bond donors (Lipinski definition) is 1. The molecule has 1 saturated carbocycles. The Kier molecular flexibility index (Phi) is 6.65. The molecule has 0 spiro atoms. The zero-order valence-electron chi connectivity index (χ0n) is 11.7. The summed E-state index contributed by atoms with van der Waals surface area (Å²) in [5.74, 6) is 0.572. The van der Waals surface area contributed by atoms with E-state index in [-0.39, 0.29) is 5.97 Å². The number of rotatable bonds is 7. The quantitative estimate of drug-likeness (QED) is 0.560. The molecule has 1 aliphatic carbocycles. The summed E-state index contributed by atoms with van der Waals surface area (Å²) >= 11 is 0. The Morgan fingerprint density at radius 3 is 2.50 bits per heavy atom. The van der Waals surface area contributed by atoms with E-state index in [0.29, 0.717) is 25.7 Å². The highest BCUT2D eigenvalue weighted by Gasteiger charge is 2.41. The molecule has 106 valence electrons. The van der Waals surface area contributed by atoms with Gasteiger partial charge in [-0.05, 0) is 38.0 Å². The van der Waals surface area contributed by atoms with Gasteiger partial charge in [-0.25, -0.2) is 0 Å². The molecule has 0 atom stereocenters. The Hall–Kier alpha value is -0.610. The van der Waals surface area contributed by atoms with Crippen molar-refractivity contribution in [3.05, 3.63) is 0 Å². The molecule has 4 nitrogen and oxygen atoms in total. The van der Waals surface area contributed by atoms with Gasteiger partial charge in [-0.2, -0.15) is 0 Å². The van der Waals surface area contributed by atoms with Crippen LogP contribution in [0.2, 0.25) is 0 Å². The second kappa shape index (κ2) is 7.74. The maximum absolute atomic E-state index is 12.1. The van der Waals surface area contributed by atoms with Crippen molar-refractivity contribution in [3.8, 4) is 0 Å². The van der Waals surface area contributed by atoms with Crippen LogP contribution < -0.4 is 5.73 Å². The molecule has 1 aliphatic rings. The molecule has 0 unspecified atom stereocenters. The average Bonchev–Trinajstić information content (AvgIpc) is 2.39. The molecule has 0 heterocycles. The third kappa shape index (κ3) is 4.25. The van der Waals surface area contributed by atoms with E-state index in [1.54, 1.807) is 0 Å². The first kappa shape index (κ1) is 15.4. The standard InChI is InChI=1S/C14H27NO3/c1-3-8-17-9-10-18-13(16)14(11-15)6-4-12(2)5-7-14/h12H,3-11,15H2,1-2H3. The van der Waals surface area contributed by atoms with Gasteiger partial charge in [-0.15, -0.1) is 0 Å². The molecule has 4 heteroatoms. The summed E-state index contributed by atoms with van der Waals surface area (Å²) in [5.41, 5.74) is 5.37. The summed E-state index contributed by atoms with van der Waals surface area (Å²) in [6, 6.07) is 0. The Bertz CT molecular complexity index is 247. The van der Waals surface area contributed by atoms with E-state index in [9.17, 15) is 4.79 Å². The van der Waals surface area contributed by atoms with E-state index < -0.39 is 5.41 Å². The maximum Gasteiger partial charge on any atom is 0.313 e. The van der Waals surface area contributed by atoms with Crippen LogP contribution in [0, 0.1) is 11.3 Å². The Morgan fingerprint density at radius 2 is 1.94 bits per heavy atom. The molecule has 2 N–H and O–H groups in total. The fraction of sp³-hybridized carbons (Fsp3) is 0.929. The molecule has 1 rings (SSSR count). The lowest BCUT2D eigenvalue weighted by Crippen LogP contribution is -2.43. The molecule has 0 aromatic heterocycles. The largest absolute Gasteiger partial charge is 0.463 e.